The van der Waals surface area contributed by atoms with Crippen molar-refractivity contribution < 1.29 is 30.8 Å². The minimum absolute atomic E-state index is 0.0779. The van der Waals surface area contributed by atoms with Crippen LogP contribution in [0.15, 0.2) is 77.7 Å². The van der Waals surface area contributed by atoms with Crippen LogP contribution >= 0.6 is 0 Å². The van der Waals surface area contributed by atoms with E-state index in [4.69, 9.17) is 4.74 Å². The fraction of sp³-hybridized carbons (Fsp3) is 0.136. The van der Waals surface area contributed by atoms with Gasteiger partial charge in [0.2, 0.25) is 15.9 Å². The van der Waals surface area contributed by atoms with E-state index in [1.807, 2.05) is 0 Å². The van der Waals surface area contributed by atoms with Crippen molar-refractivity contribution in [2.24, 2.45) is 0 Å². The van der Waals surface area contributed by atoms with E-state index in [1.54, 1.807) is 12.1 Å². The summed E-state index contributed by atoms with van der Waals surface area (Å²) in [5, 5.41) is 2.54. The maximum Gasteiger partial charge on any atom is 0.261 e. The fourth-order valence-corrected chi connectivity index (χ4v) is 4.84. The molecule has 9 nitrogen and oxygen atoms in total. The van der Waals surface area contributed by atoms with E-state index in [1.165, 1.54) is 55.6 Å². The lowest BCUT2D eigenvalue weighted by Crippen LogP contribution is -2.37. The first-order valence-corrected chi connectivity index (χ1v) is 13.1. The van der Waals surface area contributed by atoms with E-state index in [-0.39, 0.29) is 22.0 Å². The number of anilines is 3. The molecule has 180 valence electrons. The number of ether oxygens (including phenoxy) is 1. The van der Waals surface area contributed by atoms with Gasteiger partial charge in [0, 0.05) is 11.4 Å². The number of nitrogens with one attached hydrogen (secondary N) is 2. The smallest absolute Gasteiger partial charge is 0.261 e. The molecule has 0 radical (unpaired) electrons. The summed E-state index contributed by atoms with van der Waals surface area (Å²) in [7, 11) is -6.22. The molecule has 0 aliphatic heterocycles. The van der Waals surface area contributed by atoms with Gasteiger partial charge in [0.1, 0.15) is 18.1 Å². The van der Waals surface area contributed by atoms with Gasteiger partial charge in [0.15, 0.2) is 0 Å². The number of benzene rings is 3. The van der Waals surface area contributed by atoms with Crippen molar-refractivity contribution in [2.45, 2.75) is 4.90 Å². The largest absolute Gasteiger partial charge is 0.497 e. The molecule has 0 saturated carbocycles. The normalized spacial score (nSPS) is 11.5. The molecule has 3 rings (SSSR count). The number of carbonyl (C=O) groups is 1. The Morgan fingerprint density at radius 2 is 1.44 bits per heavy atom. The molecule has 3 aromatic rings. The summed E-state index contributed by atoms with van der Waals surface area (Å²) in [6.07, 6.45) is 0.984. The van der Waals surface area contributed by atoms with Crippen molar-refractivity contribution in [3.05, 3.63) is 78.6 Å². The van der Waals surface area contributed by atoms with Gasteiger partial charge in [0.05, 0.1) is 23.9 Å². The Kier molecular flexibility index (Phi) is 7.42. The monoisotopic (exact) mass is 507 g/mol. The molecule has 2 N–H and O–H groups in total. The second-order valence-corrected chi connectivity index (χ2v) is 10.7. The molecule has 0 aromatic heterocycles. The van der Waals surface area contributed by atoms with E-state index < -0.39 is 38.3 Å². The number of hydrogen-bond donors (Lipinski definition) is 2. The number of amides is 1. The van der Waals surface area contributed by atoms with Crippen molar-refractivity contribution in [3.8, 4) is 5.75 Å². The van der Waals surface area contributed by atoms with Crippen molar-refractivity contribution in [1.82, 2.24) is 0 Å². The van der Waals surface area contributed by atoms with E-state index in [0.29, 0.717) is 5.75 Å². The molecule has 0 fully saturated rings. The molecular weight excluding hydrogens is 485 g/mol. The highest BCUT2D eigenvalue weighted by Gasteiger charge is 2.21. The summed E-state index contributed by atoms with van der Waals surface area (Å²) in [6.45, 7) is -0.489. The van der Waals surface area contributed by atoms with Crippen LogP contribution in [-0.2, 0) is 24.8 Å². The molecule has 0 heterocycles. The third kappa shape index (κ3) is 6.45. The predicted octanol–water partition coefficient (Wildman–Crippen LogP) is 3.04. The van der Waals surface area contributed by atoms with Crippen molar-refractivity contribution in [1.29, 1.82) is 0 Å². The first-order chi connectivity index (χ1) is 16.0. The van der Waals surface area contributed by atoms with Gasteiger partial charge in [-0.05, 0) is 72.8 Å². The maximum absolute atomic E-state index is 13.0. The lowest BCUT2D eigenvalue weighted by atomic mass is 10.3. The van der Waals surface area contributed by atoms with Crippen LogP contribution in [0.2, 0.25) is 0 Å². The Bertz CT molecular complexity index is 1360. The van der Waals surface area contributed by atoms with Crippen LogP contribution in [-0.4, -0.2) is 42.7 Å². The zero-order valence-electron chi connectivity index (χ0n) is 18.2. The van der Waals surface area contributed by atoms with Crippen molar-refractivity contribution in [2.75, 3.05) is 34.3 Å². The Hall–Kier alpha value is -3.64. The van der Waals surface area contributed by atoms with Gasteiger partial charge < -0.3 is 10.1 Å². The van der Waals surface area contributed by atoms with Crippen molar-refractivity contribution in [3.63, 3.8) is 0 Å². The van der Waals surface area contributed by atoms with E-state index in [9.17, 15) is 26.0 Å². The summed E-state index contributed by atoms with van der Waals surface area (Å²) in [5.74, 6) is -0.587. The molecule has 0 atom stereocenters. The average molecular weight is 508 g/mol. The van der Waals surface area contributed by atoms with E-state index in [2.05, 4.69) is 10.0 Å². The molecule has 0 aliphatic rings. The van der Waals surface area contributed by atoms with Crippen LogP contribution < -0.4 is 19.1 Å². The number of methoxy groups -OCH3 is 1. The van der Waals surface area contributed by atoms with Gasteiger partial charge in [0.25, 0.3) is 10.0 Å². The van der Waals surface area contributed by atoms with Gasteiger partial charge in [-0.25, -0.2) is 21.2 Å². The zero-order chi connectivity index (χ0) is 24.9. The predicted molar refractivity (Wildman–Crippen MR) is 127 cm³/mol. The van der Waals surface area contributed by atoms with Crippen LogP contribution in [0.25, 0.3) is 0 Å². The molecule has 0 saturated heterocycles. The molecule has 0 aliphatic carbocycles. The molecule has 0 bridgehead atoms. The number of halogens is 1. The summed E-state index contributed by atoms with van der Waals surface area (Å²) in [4.78, 5) is 12.4. The summed E-state index contributed by atoms with van der Waals surface area (Å²) >= 11 is 0. The second kappa shape index (κ2) is 10.1. The second-order valence-electron chi connectivity index (χ2n) is 7.15. The highest BCUT2D eigenvalue weighted by molar-refractivity contribution is 7.92. The Labute approximate surface area is 197 Å². The number of hydrogen-bond acceptors (Lipinski definition) is 6. The Morgan fingerprint density at radius 3 is 1.97 bits per heavy atom. The Morgan fingerprint density at radius 1 is 0.882 bits per heavy atom. The molecule has 0 spiro atoms. The highest BCUT2D eigenvalue weighted by atomic mass is 32.2. The molecule has 34 heavy (non-hydrogen) atoms. The first-order valence-electron chi connectivity index (χ1n) is 9.78. The van der Waals surface area contributed by atoms with Crippen LogP contribution in [0, 0.1) is 5.82 Å². The summed E-state index contributed by atoms with van der Waals surface area (Å²) in [5.41, 5.74) is 0.749. The molecule has 3 aromatic carbocycles. The third-order valence-corrected chi connectivity index (χ3v) is 7.13. The third-order valence-electron chi connectivity index (χ3n) is 4.59. The molecule has 12 heteroatoms. The van der Waals surface area contributed by atoms with Gasteiger partial charge in [-0.3, -0.25) is 13.8 Å². The minimum atomic E-state index is -3.93. The van der Waals surface area contributed by atoms with Gasteiger partial charge >= 0.3 is 0 Å². The van der Waals surface area contributed by atoms with Crippen LogP contribution in [0.1, 0.15) is 0 Å². The average Bonchev–Trinajstić information content (AvgIpc) is 2.79. The lowest BCUT2D eigenvalue weighted by molar-refractivity contribution is -0.114. The number of rotatable bonds is 9. The van der Waals surface area contributed by atoms with E-state index in [0.717, 1.165) is 22.7 Å². The van der Waals surface area contributed by atoms with Gasteiger partial charge in [-0.15, -0.1) is 0 Å². The standard InChI is InChI=1S/C22H22FN3O6S2/c1-32-20-11-9-19(10-12-20)26(33(2,28)29)15-22(27)24-17-7-13-21(14-8-17)34(30,31)25-18-5-3-16(23)4-6-18/h3-14,25H,15H2,1-2H3,(H,24,27). The number of nitrogens with zero attached hydrogens (tertiary/aromatic N) is 1. The van der Waals surface area contributed by atoms with Crippen LogP contribution in [0.4, 0.5) is 21.5 Å². The zero-order valence-corrected chi connectivity index (χ0v) is 19.9. The fourth-order valence-electron chi connectivity index (χ4n) is 2.93. The first kappa shape index (κ1) is 25.0. The topological polar surface area (TPSA) is 122 Å². The van der Waals surface area contributed by atoms with E-state index >= 15 is 0 Å². The van der Waals surface area contributed by atoms with Crippen LogP contribution in [0.3, 0.4) is 0 Å². The van der Waals surface area contributed by atoms with Gasteiger partial charge in [-0.2, -0.15) is 0 Å². The summed E-state index contributed by atoms with van der Waals surface area (Å²) < 4.78 is 70.8. The molecule has 1 amide bonds. The number of carbonyl (C=O) groups excluding carboxylic acids is 1. The van der Waals surface area contributed by atoms with Crippen LogP contribution in [0.5, 0.6) is 5.75 Å². The highest BCUT2D eigenvalue weighted by Crippen LogP contribution is 2.22. The maximum atomic E-state index is 13.0. The molecule has 0 unspecified atom stereocenters. The Balaban J connectivity index is 1.69. The lowest BCUT2D eigenvalue weighted by Gasteiger charge is -2.22. The van der Waals surface area contributed by atoms with Crippen molar-refractivity contribution >= 4 is 43.0 Å². The summed E-state index contributed by atoms with van der Waals surface area (Å²) in [6, 6.07) is 16.3. The SMILES string of the molecule is COc1ccc(N(CC(=O)Nc2ccc(S(=O)(=O)Nc3ccc(F)cc3)cc2)S(C)(=O)=O)cc1. The molecular formula is C22H22FN3O6S2. The number of sulfonamides is 2. The minimum Gasteiger partial charge on any atom is -0.497 e. The van der Waals surface area contributed by atoms with Gasteiger partial charge in [-0.1, -0.05) is 0 Å². The quantitative estimate of drug-likeness (QED) is 0.459.